The highest BCUT2D eigenvalue weighted by Crippen LogP contribution is 2.37. The van der Waals surface area contributed by atoms with E-state index in [2.05, 4.69) is 27.3 Å². The summed E-state index contributed by atoms with van der Waals surface area (Å²) in [5.74, 6) is 2.26. The third-order valence-electron chi connectivity index (χ3n) is 4.71. The van der Waals surface area contributed by atoms with E-state index < -0.39 is 0 Å². The Kier molecular flexibility index (Phi) is 10.5. The third kappa shape index (κ3) is 7.04. The molecule has 3 aromatic rings. The fraction of sp³-hybridized carbons (Fsp3) is 0.250. The largest absolute Gasteiger partial charge is 0.496 e. The summed E-state index contributed by atoms with van der Waals surface area (Å²) in [6.45, 7) is 1.92. The molecule has 3 aromatic carbocycles. The Morgan fingerprint density at radius 2 is 1.58 bits per heavy atom. The van der Waals surface area contributed by atoms with Gasteiger partial charge in [0.2, 0.25) is 0 Å². The molecule has 31 heavy (non-hydrogen) atoms. The van der Waals surface area contributed by atoms with Gasteiger partial charge in [0.05, 0.1) is 18.7 Å². The fourth-order valence-electron chi connectivity index (χ4n) is 3.15. The number of hydrogen-bond acceptors (Lipinski definition) is 4. The van der Waals surface area contributed by atoms with Crippen LogP contribution in [0.3, 0.4) is 0 Å². The second-order valence-corrected chi connectivity index (χ2v) is 7.99. The van der Waals surface area contributed by atoms with Crippen molar-refractivity contribution in [2.45, 2.75) is 19.6 Å². The Balaban J connectivity index is 0.00000341. The minimum atomic E-state index is 0. The summed E-state index contributed by atoms with van der Waals surface area (Å²) < 4.78 is 17.8. The quantitative estimate of drug-likeness (QED) is 0.308. The van der Waals surface area contributed by atoms with Gasteiger partial charge in [-0.3, -0.25) is 0 Å². The SMILES string of the molecule is COc1ccccc1CCNCc1cc(Br)c(OCc2ccccc2Cl)c(OC)c1.Cl. The molecule has 0 aliphatic rings. The van der Waals surface area contributed by atoms with Crippen LogP contribution in [0.15, 0.2) is 65.1 Å². The summed E-state index contributed by atoms with van der Waals surface area (Å²) in [6.07, 6.45) is 0.890. The Labute approximate surface area is 203 Å². The van der Waals surface area contributed by atoms with Gasteiger partial charge in [0.1, 0.15) is 12.4 Å². The first-order valence-electron chi connectivity index (χ1n) is 9.67. The van der Waals surface area contributed by atoms with Crippen molar-refractivity contribution >= 4 is 39.9 Å². The Morgan fingerprint density at radius 3 is 2.29 bits per heavy atom. The molecule has 0 amide bonds. The van der Waals surface area contributed by atoms with Gasteiger partial charge in [0.15, 0.2) is 11.5 Å². The molecule has 0 unspecified atom stereocenters. The molecular weight excluding hydrogens is 501 g/mol. The van der Waals surface area contributed by atoms with Gasteiger partial charge in [0, 0.05) is 17.1 Å². The Bertz CT molecular complexity index is 985. The van der Waals surface area contributed by atoms with Crippen molar-refractivity contribution < 1.29 is 14.2 Å². The maximum atomic E-state index is 6.22. The van der Waals surface area contributed by atoms with Crippen LogP contribution >= 0.6 is 39.9 Å². The minimum Gasteiger partial charge on any atom is -0.496 e. The molecule has 166 valence electrons. The molecule has 0 saturated heterocycles. The zero-order valence-electron chi connectivity index (χ0n) is 17.5. The summed E-state index contributed by atoms with van der Waals surface area (Å²) in [5.41, 5.74) is 3.22. The van der Waals surface area contributed by atoms with Gasteiger partial charge in [-0.15, -0.1) is 12.4 Å². The Hall–Kier alpha value is -1.92. The van der Waals surface area contributed by atoms with Crippen molar-refractivity contribution in [1.82, 2.24) is 5.32 Å². The molecular formula is C24H26BrCl2NO3. The van der Waals surface area contributed by atoms with Crippen LogP contribution in [0.25, 0.3) is 0 Å². The van der Waals surface area contributed by atoms with Crippen LogP contribution in [-0.2, 0) is 19.6 Å². The lowest BCUT2D eigenvalue weighted by Crippen LogP contribution is -2.17. The van der Waals surface area contributed by atoms with Gasteiger partial charge in [-0.25, -0.2) is 0 Å². The third-order valence-corrected chi connectivity index (χ3v) is 5.67. The van der Waals surface area contributed by atoms with E-state index in [1.54, 1.807) is 14.2 Å². The fourth-order valence-corrected chi connectivity index (χ4v) is 3.94. The molecule has 0 aliphatic heterocycles. The van der Waals surface area contributed by atoms with Crippen LogP contribution < -0.4 is 19.5 Å². The van der Waals surface area contributed by atoms with E-state index in [-0.39, 0.29) is 12.4 Å². The van der Waals surface area contributed by atoms with Crippen LogP contribution in [0, 0.1) is 0 Å². The summed E-state index contributed by atoms with van der Waals surface area (Å²) in [7, 11) is 3.34. The summed E-state index contributed by atoms with van der Waals surface area (Å²) >= 11 is 9.84. The van der Waals surface area contributed by atoms with E-state index in [9.17, 15) is 0 Å². The van der Waals surface area contributed by atoms with E-state index in [1.165, 1.54) is 5.56 Å². The van der Waals surface area contributed by atoms with Gasteiger partial charge in [-0.2, -0.15) is 0 Å². The van der Waals surface area contributed by atoms with Crippen molar-refractivity contribution in [2.24, 2.45) is 0 Å². The topological polar surface area (TPSA) is 39.7 Å². The first-order valence-corrected chi connectivity index (χ1v) is 10.8. The summed E-state index contributed by atoms with van der Waals surface area (Å²) in [4.78, 5) is 0. The number of hydrogen-bond donors (Lipinski definition) is 1. The van der Waals surface area contributed by atoms with Crippen LogP contribution in [0.5, 0.6) is 17.2 Å². The van der Waals surface area contributed by atoms with Crippen LogP contribution in [0.2, 0.25) is 5.02 Å². The first-order chi connectivity index (χ1) is 14.6. The van der Waals surface area contributed by atoms with E-state index in [1.807, 2.05) is 54.6 Å². The van der Waals surface area contributed by atoms with Crippen molar-refractivity contribution in [3.8, 4) is 17.2 Å². The van der Waals surface area contributed by atoms with Gasteiger partial charge in [-0.05, 0) is 64.3 Å². The monoisotopic (exact) mass is 525 g/mol. The van der Waals surface area contributed by atoms with E-state index in [0.717, 1.165) is 40.9 Å². The molecule has 7 heteroatoms. The van der Waals surface area contributed by atoms with Crippen LogP contribution in [0.1, 0.15) is 16.7 Å². The molecule has 3 rings (SSSR count). The van der Waals surface area contributed by atoms with E-state index in [0.29, 0.717) is 23.1 Å². The highest BCUT2D eigenvalue weighted by atomic mass is 79.9. The molecule has 0 radical (unpaired) electrons. The number of methoxy groups -OCH3 is 2. The second-order valence-electron chi connectivity index (χ2n) is 6.73. The van der Waals surface area contributed by atoms with Crippen LogP contribution in [-0.4, -0.2) is 20.8 Å². The summed E-state index contributed by atoms with van der Waals surface area (Å²) in [6, 6.07) is 19.8. The van der Waals surface area contributed by atoms with E-state index >= 15 is 0 Å². The van der Waals surface area contributed by atoms with Crippen LogP contribution in [0.4, 0.5) is 0 Å². The number of benzene rings is 3. The maximum Gasteiger partial charge on any atom is 0.175 e. The van der Waals surface area contributed by atoms with Crippen molar-refractivity contribution in [2.75, 3.05) is 20.8 Å². The van der Waals surface area contributed by atoms with E-state index in [4.69, 9.17) is 25.8 Å². The molecule has 1 N–H and O–H groups in total. The predicted molar refractivity (Wildman–Crippen MR) is 132 cm³/mol. The second kappa shape index (κ2) is 12.8. The standard InChI is InChI=1S/C24H25BrClNO3.ClH/c1-28-22-10-6-4-7-18(22)11-12-27-15-17-13-20(25)24(23(14-17)29-2)30-16-19-8-3-5-9-21(19)26;/h3-10,13-14,27H,11-12,15-16H2,1-2H3;1H. The van der Waals surface area contributed by atoms with Gasteiger partial charge in [-0.1, -0.05) is 48.0 Å². The molecule has 0 saturated carbocycles. The zero-order chi connectivity index (χ0) is 21.3. The minimum absolute atomic E-state index is 0. The number of nitrogens with one attached hydrogen (secondary N) is 1. The van der Waals surface area contributed by atoms with Crippen molar-refractivity contribution in [3.63, 3.8) is 0 Å². The van der Waals surface area contributed by atoms with Crippen molar-refractivity contribution in [1.29, 1.82) is 0 Å². The van der Waals surface area contributed by atoms with Gasteiger partial charge >= 0.3 is 0 Å². The number of ether oxygens (including phenoxy) is 3. The number of rotatable bonds is 10. The van der Waals surface area contributed by atoms with Gasteiger partial charge < -0.3 is 19.5 Å². The smallest absolute Gasteiger partial charge is 0.175 e. The average Bonchev–Trinajstić information content (AvgIpc) is 2.77. The lowest BCUT2D eigenvalue weighted by Gasteiger charge is -2.15. The highest BCUT2D eigenvalue weighted by molar-refractivity contribution is 9.10. The van der Waals surface area contributed by atoms with Crippen molar-refractivity contribution in [3.05, 3.63) is 86.8 Å². The molecule has 0 fully saturated rings. The number of para-hydroxylation sites is 1. The molecule has 0 atom stereocenters. The molecule has 0 heterocycles. The normalized spacial score (nSPS) is 10.3. The average molecular weight is 527 g/mol. The van der Waals surface area contributed by atoms with Gasteiger partial charge in [0.25, 0.3) is 0 Å². The molecule has 0 spiro atoms. The summed E-state index contributed by atoms with van der Waals surface area (Å²) in [5, 5.41) is 4.16. The molecule has 4 nitrogen and oxygen atoms in total. The highest BCUT2D eigenvalue weighted by Gasteiger charge is 2.13. The molecule has 0 bridgehead atoms. The molecule has 0 aliphatic carbocycles. The maximum absolute atomic E-state index is 6.22. The zero-order valence-corrected chi connectivity index (χ0v) is 20.6. The number of halogens is 3. The molecule has 0 aromatic heterocycles. The Morgan fingerprint density at radius 1 is 0.903 bits per heavy atom. The lowest BCUT2D eigenvalue weighted by molar-refractivity contribution is 0.282. The predicted octanol–water partition coefficient (Wildman–Crippen LogP) is 6.45. The lowest BCUT2D eigenvalue weighted by atomic mass is 10.1. The first kappa shape index (κ1) is 25.3.